The van der Waals surface area contributed by atoms with E-state index in [2.05, 4.69) is 47.5 Å². The van der Waals surface area contributed by atoms with E-state index in [1.54, 1.807) is 0 Å². The van der Waals surface area contributed by atoms with Crippen LogP contribution in [0.15, 0.2) is 47.2 Å². The number of nitrogens with zero attached hydrogens (tertiary/aromatic N) is 1. The molecule has 1 aromatic carbocycles. The number of piperidine rings is 1. The summed E-state index contributed by atoms with van der Waals surface area (Å²) >= 11 is 0. The van der Waals surface area contributed by atoms with Gasteiger partial charge in [0.05, 0.1) is 5.41 Å². The lowest BCUT2D eigenvalue weighted by Crippen LogP contribution is -2.52. The molecule has 1 aromatic rings. The van der Waals surface area contributed by atoms with Gasteiger partial charge in [-0.2, -0.15) is 0 Å². The molecule has 2 fully saturated rings. The molecule has 1 aliphatic carbocycles. The van der Waals surface area contributed by atoms with E-state index >= 15 is 0 Å². The van der Waals surface area contributed by atoms with Gasteiger partial charge in [0.15, 0.2) is 0 Å². The summed E-state index contributed by atoms with van der Waals surface area (Å²) in [6.07, 6.45) is 5.55. The van der Waals surface area contributed by atoms with Crippen LogP contribution < -0.4 is 5.32 Å². The number of benzene rings is 1. The van der Waals surface area contributed by atoms with Gasteiger partial charge in [0.1, 0.15) is 6.29 Å². The normalized spacial score (nSPS) is 37.0. The zero-order valence-electron chi connectivity index (χ0n) is 12.8. The van der Waals surface area contributed by atoms with Gasteiger partial charge in [-0.15, -0.1) is 0 Å². The number of hydrogen-bond acceptors (Lipinski definition) is 3. The van der Waals surface area contributed by atoms with Crippen LogP contribution in [0.25, 0.3) is 0 Å². The van der Waals surface area contributed by atoms with Crippen LogP contribution in [-0.4, -0.2) is 30.3 Å². The first kappa shape index (κ1) is 12.7. The van der Waals surface area contributed by atoms with Crippen molar-refractivity contribution in [2.45, 2.75) is 31.2 Å². The zero-order valence-corrected chi connectivity index (χ0v) is 12.8. The first-order valence-corrected chi connectivity index (χ1v) is 8.25. The van der Waals surface area contributed by atoms with Crippen LogP contribution in [0.3, 0.4) is 0 Å². The molecule has 1 N–H and O–H groups in total. The summed E-state index contributed by atoms with van der Waals surface area (Å²) in [6, 6.07) is 9.16. The number of fused-ring (bicyclic) bond motifs is 2. The van der Waals surface area contributed by atoms with Gasteiger partial charge in [-0.3, -0.25) is 9.69 Å². The van der Waals surface area contributed by atoms with E-state index in [-0.39, 0.29) is 5.41 Å². The maximum absolute atomic E-state index is 11.9. The average Bonchev–Trinajstić information content (AvgIpc) is 3.11. The van der Waals surface area contributed by atoms with Gasteiger partial charge in [0.25, 0.3) is 0 Å². The Labute approximate surface area is 130 Å². The molecule has 3 aliphatic heterocycles. The van der Waals surface area contributed by atoms with Crippen molar-refractivity contribution >= 4 is 12.0 Å². The number of hydrogen-bond donors (Lipinski definition) is 1. The fourth-order valence-corrected chi connectivity index (χ4v) is 5.44. The molecule has 0 saturated carbocycles. The van der Waals surface area contributed by atoms with Crippen molar-refractivity contribution < 1.29 is 4.79 Å². The molecule has 1 spiro atoms. The number of carbonyl (C=O) groups is 1. The number of allylic oxidation sites excluding steroid dienone is 2. The number of rotatable bonds is 1. The van der Waals surface area contributed by atoms with Gasteiger partial charge in [-0.25, -0.2) is 0 Å². The predicted molar refractivity (Wildman–Crippen MR) is 86.7 cm³/mol. The summed E-state index contributed by atoms with van der Waals surface area (Å²) < 4.78 is 0. The molecule has 2 bridgehead atoms. The first-order valence-electron chi connectivity index (χ1n) is 8.25. The van der Waals surface area contributed by atoms with Crippen molar-refractivity contribution in [3.63, 3.8) is 0 Å². The Balaban J connectivity index is 1.83. The maximum atomic E-state index is 11.9. The molecule has 0 radical (unpaired) electrons. The van der Waals surface area contributed by atoms with Crippen LogP contribution >= 0.6 is 0 Å². The Morgan fingerprint density at radius 1 is 1.36 bits per heavy atom. The molecule has 0 amide bonds. The van der Waals surface area contributed by atoms with E-state index in [9.17, 15) is 4.79 Å². The van der Waals surface area contributed by atoms with Crippen LogP contribution in [0.1, 0.15) is 25.3 Å². The minimum absolute atomic E-state index is 0.0304. The molecule has 22 heavy (non-hydrogen) atoms. The molecule has 3 atom stereocenters. The highest BCUT2D eigenvalue weighted by Gasteiger charge is 2.60. The predicted octanol–water partition coefficient (Wildman–Crippen LogP) is 2.86. The van der Waals surface area contributed by atoms with Crippen molar-refractivity contribution in [2.75, 3.05) is 18.4 Å². The highest BCUT2D eigenvalue weighted by molar-refractivity contribution is 5.84. The number of aldehydes is 1. The lowest BCUT2D eigenvalue weighted by Gasteiger charge is -2.48. The van der Waals surface area contributed by atoms with Crippen LogP contribution in [0.5, 0.6) is 0 Å². The molecule has 0 aromatic heterocycles. The summed E-state index contributed by atoms with van der Waals surface area (Å²) in [5.74, 6) is 0.312. The minimum Gasteiger partial charge on any atom is -0.358 e. The summed E-state index contributed by atoms with van der Waals surface area (Å²) in [7, 11) is 0. The third-order valence-electron chi connectivity index (χ3n) is 6.37. The Bertz CT molecular complexity index is 748. The lowest BCUT2D eigenvalue weighted by molar-refractivity contribution is -0.105. The summed E-state index contributed by atoms with van der Waals surface area (Å²) in [6.45, 7) is 4.26. The van der Waals surface area contributed by atoms with Gasteiger partial charge < -0.3 is 5.32 Å². The largest absolute Gasteiger partial charge is 0.358 e. The fraction of sp³-hybridized carbons (Fsp3) is 0.421. The third-order valence-corrected chi connectivity index (χ3v) is 6.37. The number of carbonyl (C=O) groups excluding carboxylic acids is 1. The summed E-state index contributed by atoms with van der Waals surface area (Å²) in [4.78, 5) is 14.6. The first-order chi connectivity index (χ1) is 10.8. The van der Waals surface area contributed by atoms with E-state index in [0.717, 1.165) is 37.8 Å². The van der Waals surface area contributed by atoms with Crippen LogP contribution in [0.2, 0.25) is 0 Å². The number of para-hydroxylation sites is 1. The van der Waals surface area contributed by atoms with Crippen LogP contribution in [0, 0.1) is 5.92 Å². The number of anilines is 1. The van der Waals surface area contributed by atoms with Crippen molar-refractivity contribution in [2.24, 2.45) is 5.92 Å². The second kappa shape index (κ2) is 4.11. The monoisotopic (exact) mass is 292 g/mol. The van der Waals surface area contributed by atoms with E-state index in [4.69, 9.17) is 0 Å². The fourth-order valence-electron chi connectivity index (χ4n) is 5.44. The van der Waals surface area contributed by atoms with Crippen LogP contribution in [0.4, 0.5) is 5.69 Å². The van der Waals surface area contributed by atoms with Gasteiger partial charge in [0, 0.05) is 42.0 Å². The number of nitrogens with one attached hydrogen (secondary N) is 1. The van der Waals surface area contributed by atoms with E-state index in [1.807, 2.05) is 0 Å². The Kier molecular flexibility index (Phi) is 2.36. The molecule has 3 nitrogen and oxygen atoms in total. The molecule has 4 aliphatic rings. The molecule has 112 valence electrons. The summed E-state index contributed by atoms with van der Waals surface area (Å²) in [5, 5.41) is 3.62. The van der Waals surface area contributed by atoms with Crippen LogP contribution in [-0.2, 0) is 10.2 Å². The molecule has 3 heteroatoms. The standard InChI is InChI=1S/C19H20N2O/c1-2-12-10-21-8-7-19-15-5-3-4-6-16(15)20-18(19)14(11-22)13(12)9-17(19)21/h2-6,11,13,17,20H,7-10H2,1H3/t13-,17-,19?/m0/s1. The molecule has 2 saturated heterocycles. The van der Waals surface area contributed by atoms with Crippen molar-refractivity contribution in [3.8, 4) is 0 Å². The topological polar surface area (TPSA) is 32.3 Å². The highest BCUT2D eigenvalue weighted by atomic mass is 16.1. The SMILES string of the molecule is CC=C1CN2CCC34C(=C(C=O)[C@H]1C[C@H]23)Nc1ccccc14. The third kappa shape index (κ3) is 1.25. The van der Waals surface area contributed by atoms with Gasteiger partial charge in [-0.1, -0.05) is 29.8 Å². The molecule has 1 unspecified atom stereocenters. The van der Waals surface area contributed by atoms with Crippen molar-refractivity contribution in [1.29, 1.82) is 0 Å². The van der Waals surface area contributed by atoms with E-state index < -0.39 is 0 Å². The zero-order chi connectivity index (χ0) is 14.9. The Morgan fingerprint density at radius 2 is 2.23 bits per heavy atom. The average molecular weight is 292 g/mol. The smallest absolute Gasteiger partial charge is 0.148 e. The summed E-state index contributed by atoms with van der Waals surface area (Å²) in [5.41, 5.74) is 6.25. The Hall–Kier alpha value is -1.87. The quantitative estimate of drug-likeness (QED) is 0.638. The van der Waals surface area contributed by atoms with Crippen molar-refractivity contribution in [1.82, 2.24) is 4.90 Å². The Morgan fingerprint density at radius 3 is 3.05 bits per heavy atom. The van der Waals surface area contributed by atoms with Gasteiger partial charge in [0.2, 0.25) is 0 Å². The lowest BCUT2D eigenvalue weighted by atomic mass is 9.62. The highest BCUT2D eigenvalue weighted by Crippen LogP contribution is 2.60. The van der Waals surface area contributed by atoms with Gasteiger partial charge >= 0.3 is 0 Å². The second-order valence-corrected chi connectivity index (χ2v) is 6.98. The molecule has 3 heterocycles. The second-order valence-electron chi connectivity index (χ2n) is 6.98. The molecule has 5 rings (SSSR count). The van der Waals surface area contributed by atoms with E-state index in [1.165, 1.54) is 22.5 Å². The molecular formula is C19H20N2O. The maximum Gasteiger partial charge on any atom is 0.148 e. The molecular weight excluding hydrogens is 272 g/mol. The van der Waals surface area contributed by atoms with Crippen molar-refractivity contribution in [3.05, 3.63) is 52.7 Å². The van der Waals surface area contributed by atoms with E-state index in [0.29, 0.717) is 12.0 Å². The van der Waals surface area contributed by atoms with Gasteiger partial charge in [-0.05, 0) is 31.4 Å². The minimum atomic E-state index is 0.0304.